The Balaban J connectivity index is 0.00000625. The summed E-state index contributed by atoms with van der Waals surface area (Å²) in [5.74, 6) is 1.52. The molecule has 0 atom stereocenters. The summed E-state index contributed by atoms with van der Waals surface area (Å²) < 4.78 is 10.3. The van der Waals surface area contributed by atoms with E-state index in [1.807, 2.05) is 0 Å². The molecule has 0 bridgehead atoms. The van der Waals surface area contributed by atoms with Crippen molar-refractivity contribution >= 4 is 35.9 Å². The van der Waals surface area contributed by atoms with E-state index in [2.05, 4.69) is 48.2 Å². The maximum Gasteiger partial charge on any atom is 0.341 e. The highest BCUT2D eigenvalue weighted by Gasteiger charge is 2.16. The minimum absolute atomic E-state index is 0. The topological polar surface area (TPSA) is 79.1 Å². The standard InChI is InChI=1S/C18H32N4O3.HI/c1-12(2)22(13(3)4)9-8-20-18(19-6)21-11-15-10-16(14(5)25-15)17(23)24-7;/h10,12-13H,8-9,11H2,1-7H3,(H2,19,20,21);1H. The first-order valence-electron chi connectivity index (χ1n) is 8.68. The molecule has 1 aromatic heterocycles. The van der Waals surface area contributed by atoms with Crippen molar-refractivity contribution in [1.29, 1.82) is 0 Å². The first-order valence-corrected chi connectivity index (χ1v) is 8.68. The van der Waals surface area contributed by atoms with E-state index < -0.39 is 5.97 Å². The number of carbonyl (C=O) groups excluding carboxylic acids is 1. The van der Waals surface area contributed by atoms with E-state index in [-0.39, 0.29) is 24.0 Å². The number of halogens is 1. The zero-order chi connectivity index (χ0) is 19.0. The van der Waals surface area contributed by atoms with Gasteiger partial charge in [-0.1, -0.05) is 0 Å². The van der Waals surface area contributed by atoms with Gasteiger partial charge >= 0.3 is 5.97 Å². The summed E-state index contributed by atoms with van der Waals surface area (Å²) in [7, 11) is 3.08. The zero-order valence-electron chi connectivity index (χ0n) is 16.9. The summed E-state index contributed by atoms with van der Waals surface area (Å²) in [6.45, 7) is 12.7. The van der Waals surface area contributed by atoms with Crippen LogP contribution in [0.25, 0.3) is 0 Å². The summed E-state index contributed by atoms with van der Waals surface area (Å²) in [4.78, 5) is 18.2. The number of furan rings is 1. The monoisotopic (exact) mass is 480 g/mol. The molecule has 0 saturated heterocycles. The first kappa shape index (κ1) is 24.7. The van der Waals surface area contributed by atoms with Gasteiger partial charge in [0.25, 0.3) is 0 Å². The van der Waals surface area contributed by atoms with Crippen molar-refractivity contribution in [2.75, 3.05) is 27.2 Å². The average Bonchev–Trinajstić information content (AvgIpc) is 2.93. The van der Waals surface area contributed by atoms with Crippen LogP contribution >= 0.6 is 24.0 Å². The second-order valence-corrected chi connectivity index (χ2v) is 6.45. The highest BCUT2D eigenvalue weighted by molar-refractivity contribution is 14.0. The van der Waals surface area contributed by atoms with Crippen molar-refractivity contribution < 1.29 is 13.9 Å². The lowest BCUT2D eigenvalue weighted by Crippen LogP contribution is -2.45. The third kappa shape index (κ3) is 7.53. The lowest BCUT2D eigenvalue weighted by molar-refractivity contribution is 0.0599. The van der Waals surface area contributed by atoms with Crippen LogP contribution in [0.5, 0.6) is 0 Å². The van der Waals surface area contributed by atoms with E-state index in [0.29, 0.717) is 41.7 Å². The van der Waals surface area contributed by atoms with Crippen LogP contribution in [0.4, 0.5) is 0 Å². The summed E-state index contributed by atoms with van der Waals surface area (Å²) in [5, 5.41) is 6.49. The quantitative estimate of drug-likeness (QED) is 0.258. The second-order valence-electron chi connectivity index (χ2n) is 6.45. The van der Waals surface area contributed by atoms with Crippen LogP contribution in [-0.4, -0.2) is 56.2 Å². The predicted octanol–water partition coefficient (Wildman–Crippen LogP) is 2.78. The molecule has 8 heteroatoms. The predicted molar refractivity (Wildman–Crippen MR) is 115 cm³/mol. The summed E-state index contributed by atoms with van der Waals surface area (Å²) >= 11 is 0. The van der Waals surface area contributed by atoms with Gasteiger partial charge in [-0.25, -0.2) is 4.79 Å². The van der Waals surface area contributed by atoms with Gasteiger partial charge in [0.1, 0.15) is 17.1 Å². The van der Waals surface area contributed by atoms with Crippen molar-refractivity contribution in [3.63, 3.8) is 0 Å². The van der Waals surface area contributed by atoms with Crippen molar-refractivity contribution in [1.82, 2.24) is 15.5 Å². The van der Waals surface area contributed by atoms with Gasteiger partial charge in [0.05, 0.1) is 13.7 Å². The van der Waals surface area contributed by atoms with Gasteiger partial charge in [-0.3, -0.25) is 9.89 Å². The average molecular weight is 480 g/mol. The largest absolute Gasteiger partial charge is 0.465 e. The fraction of sp³-hybridized carbons (Fsp3) is 0.667. The van der Waals surface area contributed by atoms with E-state index in [9.17, 15) is 4.79 Å². The summed E-state index contributed by atoms with van der Waals surface area (Å²) in [6.07, 6.45) is 0. The molecular formula is C18H33IN4O3. The Bertz CT molecular complexity index is 577. The molecule has 0 aliphatic rings. The number of ether oxygens (including phenoxy) is 1. The fourth-order valence-electron chi connectivity index (χ4n) is 2.75. The number of carbonyl (C=O) groups is 1. The van der Waals surface area contributed by atoms with Crippen molar-refractivity contribution in [2.24, 2.45) is 4.99 Å². The molecule has 0 saturated carbocycles. The molecule has 0 unspecified atom stereocenters. The molecule has 0 aliphatic carbocycles. The maximum absolute atomic E-state index is 11.6. The van der Waals surface area contributed by atoms with Crippen LogP contribution in [0.1, 0.15) is 49.6 Å². The Hall–Kier alpha value is -1.29. The Morgan fingerprint density at radius 2 is 1.88 bits per heavy atom. The van der Waals surface area contributed by atoms with E-state index in [1.54, 1.807) is 20.0 Å². The number of hydrogen-bond donors (Lipinski definition) is 2. The highest BCUT2D eigenvalue weighted by Crippen LogP contribution is 2.15. The highest BCUT2D eigenvalue weighted by atomic mass is 127. The molecule has 0 radical (unpaired) electrons. The number of esters is 1. The summed E-state index contributed by atoms with van der Waals surface area (Å²) in [5.41, 5.74) is 0.451. The maximum atomic E-state index is 11.6. The van der Waals surface area contributed by atoms with Gasteiger partial charge in [-0.15, -0.1) is 24.0 Å². The van der Waals surface area contributed by atoms with Gasteiger partial charge in [-0.05, 0) is 40.7 Å². The lowest BCUT2D eigenvalue weighted by atomic mass is 10.2. The van der Waals surface area contributed by atoms with Gasteiger partial charge in [0.2, 0.25) is 0 Å². The number of nitrogens with zero attached hydrogens (tertiary/aromatic N) is 2. The van der Waals surface area contributed by atoms with Crippen LogP contribution in [0.3, 0.4) is 0 Å². The molecule has 0 aromatic carbocycles. The Labute approximate surface area is 174 Å². The van der Waals surface area contributed by atoms with E-state index in [0.717, 1.165) is 13.1 Å². The Morgan fingerprint density at radius 3 is 2.38 bits per heavy atom. The van der Waals surface area contributed by atoms with Crippen molar-refractivity contribution in [3.05, 3.63) is 23.2 Å². The molecule has 1 heterocycles. The molecular weight excluding hydrogens is 447 g/mol. The smallest absolute Gasteiger partial charge is 0.341 e. The Morgan fingerprint density at radius 1 is 1.27 bits per heavy atom. The molecule has 2 N–H and O–H groups in total. The minimum atomic E-state index is -0.391. The molecule has 0 amide bonds. The SMILES string of the molecule is CN=C(NCCN(C(C)C)C(C)C)NCc1cc(C(=O)OC)c(C)o1.I. The van der Waals surface area contributed by atoms with E-state index in [4.69, 9.17) is 9.15 Å². The number of guanidine groups is 1. The van der Waals surface area contributed by atoms with Crippen LogP contribution in [0.2, 0.25) is 0 Å². The molecule has 0 aliphatic heterocycles. The Kier molecular flexibility index (Phi) is 11.6. The second kappa shape index (κ2) is 12.2. The molecule has 1 rings (SSSR count). The van der Waals surface area contributed by atoms with Crippen molar-refractivity contribution in [2.45, 2.75) is 53.2 Å². The zero-order valence-corrected chi connectivity index (χ0v) is 19.2. The number of aryl methyl sites for hydroxylation is 1. The molecule has 7 nitrogen and oxygen atoms in total. The van der Waals surface area contributed by atoms with Crippen LogP contribution in [0.15, 0.2) is 15.5 Å². The first-order chi connectivity index (χ1) is 11.8. The van der Waals surface area contributed by atoms with Gasteiger partial charge in [0, 0.05) is 32.2 Å². The molecule has 0 spiro atoms. The van der Waals surface area contributed by atoms with Gasteiger partial charge in [-0.2, -0.15) is 0 Å². The third-order valence-electron chi connectivity index (χ3n) is 4.02. The van der Waals surface area contributed by atoms with Crippen LogP contribution in [-0.2, 0) is 11.3 Å². The molecule has 1 aromatic rings. The number of hydrogen-bond acceptors (Lipinski definition) is 5. The molecule has 150 valence electrons. The number of rotatable bonds is 8. The number of aliphatic imine (C=N–C) groups is 1. The van der Waals surface area contributed by atoms with Gasteiger partial charge < -0.3 is 19.8 Å². The van der Waals surface area contributed by atoms with Gasteiger partial charge in [0.15, 0.2) is 5.96 Å². The number of nitrogens with one attached hydrogen (secondary N) is 2. The third-order valence-corrected chi connectivity index (χ3v) is 4.02. The van der Waals surface area contributed by atoms with Crippen LogP contribution < -0.4 is 10.6 Å². The van der Waals surface area contributed by atoms with Crippen LogP contribution in [0, 0.1) is 6.92 Å². The van der Waals surface area contributed by atoms with E-state index in [1.165, 1.54) is 7.11 Å². The normalized spacial score (nSPS) is 11.7. The molecule has 26 heavy (non-hydrogen) atoms. The molecule has 0 fully saturated rings. The van der Waals surface area contributed by atoms with Crippen molar-refractivity contribution in [3.8, 4) is 0 Å². The summed E-state index contributed by atoms with van der Waals surface area (Å²) in [6, 6.07) is 2.69. The van der Waals surface area contributed by atoms with E-state index >= 15 is 0 Å². The lowest BCUT2D eigenvalue weighted by Gasteiger charge is -2.30. The fourth-order valence-corrected chi connectivity index (χ4v) is 2.75. The number of methoxy groups -OCH3 is 1. The minimum Gasteiger partial charge on any atom is -0.465 e.